The number of carbonyl (C=O) groups is 1. The second-order valence-electron chi connectivity index (χ2n) is 5.13. The number of carboxylic acid groups (broad SMARTS) is 1. The van der Waals surface area contributed by atoms with E-state index in [1.165, 1.54) is 11.3 Å². The molecule has 3 aromatic rings. The molecule has 0 spiro atoms. The van der Waals surface area contributed by atoms with Crippen LogP contribution in [0, 0.1) is 0 Å². The molecular weight excluding hydrogens is 346 g/mol. The van der Waals surface area contributed by atoms with Gasteiger partial charge in [0.25, 0.3) is 0 Å². The van der Waals surface area contributed by atoms with Gasteiger partial charge < -0.3 is 9.84 Å². The van der Waals surface area contributed by atoms with E-state index in [0.29, 0.717) is 10.8 Å². The van der Waals surface area contributed by atoms with Crippen LogP contribution in [0.25, 0.3) is 10.4 Å². The van der Waals surface area contributed by atoms with Gasteiger partial charge in [-0.05, 0) is 36.8 Å². The number of rotatable bonds is 5. The molecular formula is C18H14ClNO3S. The predicted octanol–water partition coefficient (Wildman–Crippen LogP) is 5.30. The lowest BCUT2D eigenvalue weighted by Crippen LogP contribution is -2.06. The highest BCUT2D eigenvalue weighted by molar-refractivity contribution is 7.17. The van der Waals surface area contributed by atoms with Gasteiger partial charge in [0.2, 0.25) is 0 Å². The molecule has 2 heterocycles. The van der Waals surface area contributed by atoms with Crippen LogP contribution in [0.15, 0.2) is 54.9 Å². The maximum atomic E-state index is 11.5. The first-order valence-corrected chi connectivity index (χ1v) is 8.44. The number of nitrogens with zero attached hydrogens (tertiary/aromatic N) is 1. The van der Waals surface area contributed by atoms with Crippen molar-refractivity contribution in [1.82, 2.24) is 4.98 Å². The van der Waals surface area contributed by atoms with E-state index in [9.17, 15) is 9.90 Å². The average molecular weight is 360 g/mol. The summed E-state index contributed by atoms with van der Waals surface area (Å²) in [7, 11) is 0. The second-order valence-corrected chi connectivity index (χ2v) is 6.59. The van der Waals surface area contributed by atoms with Crippen LogP contribution in [0.2, 0.25) is 5.02 Å². The Morgan fingerprint density at radius 3 is 2.62 bits per heavy atom. The molecule has 4 nitrogen and oxygen atoms in total. The molecule has 0 aliphatic heterocycles. The van der Waals surface area contributed by atoms with E-state index in [1.807, 2.05) is 37.3 Å². The lowest BCUT2D eigenvalue weighted by molar-refractivity contribution is 0.0696. The highest BCUT2D eigenvalue weighted by Gasteiger charge is 2.21. The number of carboxylic acids is 1. The molecule has 0 radical (unpaired) electrons. The van der Waals surface area contributed by atoms with Gasteiger partial charge in [-0.2, -0.15) is 0 Å². The van der Waals surface area contributed by atoms with Crippen molar-refractivity contribution in [2.45, 2.75) is 13.0 Å². The maximum Gasteiger partial charge on any atom is 0.349 e. The van der Waals surface area contributed by atoms with Gasteiger partial charge in [0.1, 0.15) is 11.9 Å². The molecule has 3 rings (SSSR count). The predicted molar refractivity (Wildman–Crippen MR) is 95.0 cm³/mol. The van der Waals surface area contributed by atoms with E-state index in [0.717, 1.165) is 16.0 Å². The molecule has 1 atom stereocenters. The number of benzene rings is 1. The summed E-state index contributed by atoms with van der Waals surface area (Å²) in [5.74, 6) is -0.673. The minimum Gasteiger partial charge on any atom is -0.484 e. The Labute approximate surface area is 148 Å². The molecule has 0 bridgehead atoms. The van der Waals surface area contributed by atoms with E-state index in [4.69, 9.17) is 16.3 Å². The molecule has 0 saturated heterocycles. The number of hydrogen-bond donors (Lipinski definition) is 1. The van der Waals surface area contributed by atoms with Crippen LogP contribution in [0.4, 0.5) is 0 Å². The fraction of sp³-hybridized carbons (Fsp3) is 0.111. The van der Waals surface area contributed by atoms with Crippen molar-refractivity contribution in [1.29, 1.82) is 0 Å². The quantitative estimate of drug-likeness (QED) is 0.671. The summed E-state index contributed by atoms with van der Waals surface area (Å²) in [6, 6.07) is 12.8. The number of aromatic carboxylic acids is 1. The van der Waals surface area contributed by atoms with Gasteiger partial charge in [0.05, 0.1) is 0 Å². The van der Waals surface area contributed by atoms with E-state index >= 15 is 0 Å². The molecule has 0 amide bonds. The van der Waals surface area contributed by atoms with E-state index in [1.54, 1.807) is 24.5 Å². The normalized spacial score (nSPS) is 11.9. The zero-order chi connectivity index (χ0) is 17.1. The highest BCUT2D eigenvalue weighted by Crippen LogP contribution is 2.38. The average Bonchev–Trinajstić information content (AvgIpc) is 3.00. The van der Waals surface area contributed by atoms with Crippen LogP contribution >= 0.6 is 22.9 Å². The summed E-state index contributed by atoms with van der Waals surface area (Å²) in [5.41, 5.74) is 1.71. The molecule has 0 saturated carbocycles. The molecule has 0 aliphatic rings. The van der Waals surface area contributed by atoms with Gasteiger partial charge >= 0.3 is 5.97 Å². The lowest BCUT2D eigenvalue weighted by Gasteiger charge is -2.15. The fourth-order valence-electron chi connectivity index (χ4n) is 2.33. The fourth-order valence-corrected chi connectivity index (χ4v) is 3.55. The van der Waals surface area contributed by atoms with E-state index in [-0.39, 0.29) is 11.0 Å². The molecule has 122 valence electrons. The summed E-state index contributed by atoms with van der Waals surface area (Å²) in [4.78, 5) is 16.5. The van der Waals surface area contributed by atoms with E-state index in [2.05, 4.69) is 4.98 Å². The van der Waals surface area contributed by atoms with Crippen LogP contribution in [0.1, 0.15) is 28.3 Å². The summed E-state index contributed by atoms with van der Waals surface area (Å²) < 4.78 is 5.91. The minimum absolute atomic E-state index is 0.167. The number of thiophene rings is 1. The molecule has 6 heteroatoms. The second kappa shape index (κ2) is 7.03. The summed E-state index contributed by atoms with van der Waals surface area (Å²) in [5, 5.41) is 10.0. The van der Waals surface area contributed by atoms with Gasteiger partial charge in [0, 0.05) is 27.9 Å². The molecule has 0 aliphatic carbocycles. The van der Waals surface area contributed by atoms with Crippen molar-refractivity contribution in [3.8, 4) is 16.2 Å². The number of aromatic nitrogens is 1. The molecule has 24 heavy (non-hydrogen) atoms. The Hall–Kier alpha value is -2.37. The number of hydrogen-bond acceptors (Lipinski definition) is 4. The number of halogens is 1. The van der Waals surface area contributed by atoms with E-state index < -0.39 is 5.97 Å². The topological polar surface area (TPSA) is 59.4 Å². The standard InChI is InChI=1S/C18H14ClNO3S/c1-11(13-4-2-3-5-14(13)19)23-15-10-16(24-17(15)18(21)22)12-6-8-20-9-7-12/h2-11H,1H3,(H,21,22). The molecule has 1 N–H and O–H groups in total. The Morgan fingerprint density at radius 2 is 1.96 bits per heavy atom. The van der Waals surface area contributed by atoms with Crippen LogP contribution in [0.5, 0.6) is 5.75 Å². The van der Waals surface area contributed by atoms with Crippen LogP contribution in [0.3, 0.4) is 0 Å². The summed E-state index contributed by atoms with van der Waals surface area (Å²) in [6.07, 6.45) is 2.97. The SMILES string of the molecule is CC(Oc1cc(-c2ccncc2)sc1C(=O)O)c1ccccc1Cl. The summed E-state index contributed by atoms with van der Waals surface area (Å²) >= 11 is 7.36. The number of pyridine rings is 1. The third-order valence-corrected chi connectivity index (χ3v) is 5.00. The molecule has 1 aromatic carbocycles. The van der Waals surface area contributed by atoms with Crippen molar-refractivity contribution in [3.05, 3.63) is 70.3 Å². The third kappa shape index (κ3) is 3.42. The zero-order valence-electron chi connectivity index (χ0n) is 12.8. The highest BCUT2D eigenvalue weighted by atomic mass is 35.5. The maximum absolute atomic E-state index is 11.5. The van der Waals surface area contributed by atoms with Crippen molar-refractivity contribution < 1.29 is 14.6 Å². The molecule has 2 aromatic heterocycles. The smallest absolute Gasteiger partial charge is 0.349 e. The van der Waals surface area contributed by atoms with Crippen LogP contribution in [-0.4, -0.2) is 16.1 Å². The van der Waals surface area contributed by atoms with Gasteiger partial charge in [-0.1, -0.05) is 29.8 Å². The van der Waals surface area contributed by atoms with Crippen LogP contribution < -0.4 is 4.74 Å². The minimum atomic E-state index is -1.01. The Morgan fingerprint density at radius 1 is 1.25 bits per heavy atom. The van der Waals surface area contributed by atoms with Gasteiger partial charge in [-0.25, -0.2) is 4.79 Å². The number of ether oxygens (including phenoxy) is 1. The zero-order valence-corrected chi connectivity index (χ0v) is 14.3. The Balaban J connectivity index is 1.94. The first-order valence-electron chi connectivity index (χ1n) is 7.25. The van der Waals surface area contributed by atoms with Crippen molar-refractivity contribution in [3.63, 3.8) is 0 Å². The largest absolute Gasteiger partial charge is 0.484 e. The summed E-state index contributed by atoms with van der Waals surface area (Å²) in [6.45, 7) is 1.84. The van der Waals surface area contributed by atoms with Crippen molar-refractivity contribution in [2.75, 3.05) is 0 Å². The van der Waals surface area contributed by atoms with Crippen LogP contribution in [-0.2, 0) is 0 Å². The monoisotopic (exact) mass is 359 g/mol. The van der Waals surface area contributed by atoms with Gasteiger partial charge in [-0.3, -0.25) is 4.98 Å². The van der Waals surface area contributed by atoms with Crippen molar-refractivity contribution >= 4 is 28.9 Å². The Bertz CT molecular complexity index is 864. The Kier molecular flexibility index (Phi) is 4.83. The first-order chi connectivity index (χ1) is 11.6. The first kappa shape index (κ1) is 16.5. The lowest BCUT2D eigenvalue weighted by atomic mass is 10.1. The molecule has 1 unspecified atom stereocenters. The third-order valence-electron chi connectivity index (χ3n) is 3.50. The molecule has 0 fully saturated rings. The van der Waals surface area contributed by atoms with Gasteiger partial charge in [-0.15, -0.1) is 11.3 Å². The van der Waals surface area contributed by atoms with Crippen molar-refractivity contribution in [2.24, 2.45) is 0 Å². The van der Waals surface area contributed by atoms with Gasteiger partial charge in [0.15, 0.2) is 4.88 Å².